The summed E-state index contributed by atoms with van der Waals surface area (Å²) < 4.78 is 6.85. The molecule has 0 atom stereocenters. The van der Waals surface area contributed by atoms with E-state index in [9.17, 15) is 0 Å². The number of nitrogens with one attached hydrogen (secondary N) is 1. The van der Waals surface area contributed by atoms with Crippen molar-refractivity contribution in [3.8, 4) is 0 Å². The number of rotatable bonds is 6. The molecule has 1 heterocycles. The Balaban J connectivity index is 2.20. The minimum Gasteiger partial charge on any atom is -0.383 e. The van der Waals surface area contributed by atoms with Crippen molar-refractivity contribution in [3.05, 3.63) is 18.0 Å². The van der Waals surface area contributed by atoms with Crippen LogP contribution in [0.1, 0.15) is 12.5 Å². The lowest BCUT2D eigenvalue weighted by Gasteiger charge is -2.00. The largest absolute Gasteiger partial charge is 0.383 e. The minimum absolute atomic E-state index is 0.752. The summed E-state index contributed by atoms with van der Waals surface area (Å²) >= 11 is 0. The Bertz CT molecular complexity index is 235. The fraction of sp³-hybridized carbons (Fsp3) is 0.667. The first kappa shape index (κ1) is 10.2. The molecule has 0 aliphatic carbocycles. The third-order valence-corrected chi connectivity index (χ3v) is 1.82. The summed E-state index contributed by atoms with van der Waals surface area (Å²) in [7, 11) is 1.71. The van der Waals surface area contributed by atoms with E-state index in [1.165, 1.54) is 5.56 Å². The van der Waals surface area contributed by atoms with Crippen LogP contribution in [0.3, 0.4) is 0 Å². The second-order valence-corrected chi connectivity index (χ2v) is 2.87. The van der Waals surface area contributed by atoms with Gasteiger partial charge in [-0.25, -0.2) is 0 Å². The molecule has 74 valence electrons. The van der Waals surface area contributed by atoms with Gasteiger partial charge < -0.3 is 10.1 Å². The van der Waals surface area contributed by atoms with Gasteiger partial charge in [-0.15, -0.1) is 0 Å². The van der Waals surface area contributed by atoms with Gasteiger partial charge in [-0.05, 0) is 6.92 Å². The van der Waals surface area contributed by atoms with Gasteiger partial charge >= 0.3 is 0 Å². The summed E-state index contributed by atoms with van der Waals surface area (Å²) in [5.41, 5.74) is 1.22. The van der Waals surface area contributed by atoms with Gasteiger partial charge in [0, 0.05) is 38.5 Å². The number of aryl methyl sites for hydroxylation is 1. The normalized spacial score (nSPS) is 10.6. The molecule has 0 aromatic carbocycles. The van der Waals surface area contributed by atoms with Crippen LogP contribution in [-0.4, -0.2) is 30.0 Å². The molecule has 0 bridgehead atoms. The van der Waals surface area contributed by atoms with E-state index < -0.39 is 0 Å². The maximum atomic E-state index is 4.92. The van der Waals surface area contributed by atoms with E-state index in [-0.39, 0.29) is 0 Å². The average Bonchev–Trinajstić information content (AvgIpc) is 2.60. The van der Waals surface area contributed by atoms with Gasteiger partial charge in [0.15, 0.2) is 0 Å². The summed E-state index contributed by atoms with van der Waals surface area (Å²) in [5, 5.41) is 7.44. The van der Waals surface area contributed by atoms with Crippen molar-refractivity contribution < 1.29 is 4.74 Å². The van der Waals surface area contributed by atoms with E-state index in [1.54, 1.807) is 7.11 Å². The molecule has 1 aromatic heterocycles. The monoisotopic (exact) mass is 183 g/mol. The summed E-state index contributed by atoms with van der Waals surface area (Å²) in [6.45, 7) is 5.51. The van der Waals surface area contributed by atoms with Crippen LogP contribution in [-0.2, 0) is 17.8 Å². The molecule has 0 saturated carbocycles. The molecule has 0 aliphatic rings. The molecule has 0 unspecified atom stereocenters. The highest BCUT2D eigenvalue weighted by Gasteiger charge is 1.95. The predicted molar refractivity (Wildman–Crippen MR) is 51.5 cm³/mol. The number of ether oxygens (including phenoxy) is 1. The maximum absolute atomic E-state index is 4.92. The molecule has 4 nitrogen and oxygen atoms in total. The summed E-state index contributed by atoms with van der Waals surface area (Å²) in [5.74, 6) is 0. The van der Waals surface area contributed by atoms with Crippen molar-refractivity contribution >= 4 is 0 Å². The highest BCUT2D eigenvalue weighted by atomic mass is 16.5. The lowest BCUT2D eigenvalue weighted by molar-refractivity contribution is 0.199. The van der Waals surface area contributed by atoms with Crippen LogP contribution in [0.2, 0.25) is 0 Å². The molecule has 13 heavy (non-hydrogen) atoms. The van der Waals surface area contributed by atoms with Crippen LogP contribution in [0.4, 0.5) is 0 Å². The van der Waals surface area contributed by atoms with Gasteiger partial charge in [0.05, 0.1) is 12.8 Å². The summed E-state index contributed by atoms with van der Waals surface area (Å²) in [4.78, 5) is 0. The first-order valence-electron chi connectivity index (χ1n) is 4.57. The van der Waals surface area contributed by atoms with Gasteiger partial charge in [-0.1, -0.05) is 0 Å². The van der Waals surface area contributed by atoms with Gasteiger partial charge in [-0.3, -0.25) is 4.68 Å². The molecular formula is C9H17N3O. The summed E-state index contributed by atoms with van der Waals surface area (Å²) in [6.07, 6.45) is 3.95. The molecule has 1 rings (SSSR count). The lowest BCUT2D eigenvalue weighted by atomic mass is 10.3. The molecule has 0 aliphatic heterocycles. The van der Waals surface area contributed by atoms with Crippen molar-refractivity contribution in [3.63, 3.8) is 0 Å². The molecule has 0 amide bonds. The van der Waals surface area contributed by atoms with Gasteiger partial charge in [0.2, 0.25) is 0 Å². The quantitative estimate of drug-likeness (QED) is 0.658. The highest BCUT2D eigenvalue weighted by Crippen LogP contribution is 1.96. The van der Waals surface area contributed by atoms with E-state index in [2.05, 4.69) is 23.5 Å². The van der Waals surface area contributed by atoms with Gasteiger partial charge in [-0.2, -0.15) is 5.10 Å². The average molecular weight is 183 g/mol. The third-order valence-electron chi connectivity index (χ3n) is 1.82. The van der Waals surface area contributed by atoms with Crippen LogP contribution >= 0.6 is 0 Å². The summed E-state index contributed by atoms with van der Waals surface area (Å²) in [6, 6.07) is 0. The van der Waals surface area contributed by atoms with Crippen molar-refractivity contribution in [2.45, 2.75) is 20.0 Å². The lowest BCUT2D eigenvalue weighted by Crippen LogP contribution is -2.18. The number of hydrogen-bond acceptors (Lipinski definition) is 3. The van der Waals surface area contributed by atoms with E-state index in [4.69, 9.17) is 4.74 Å². The second kappa shape index (κ2) is 5.72. The van der Waals surface area contributed by atoms with E-state index in [1.807, 2.05) is 10.9 Å². The molecule has 1 aromatic rings. The predicted octanol–water partition coefficient (Wildman–Crippen LogP) is 0.639. The standard InChI is InChI=1S/C9H17N3O/c1-3-12-8-9(7-11-12)6-10-4-5-13-2/h7-8,10H,3-6H2,1-2H3. The topological polar surface area (TPSA) is 39.1 Å². The molecular weight excluding hydrogens is 166 g/mol. The zero-order chi connectivity index (χ0) is 9.52. The number of hydrogen-bond donors (Lipinski definition) is 1. The van der Waals surface area contributed by atoms with Crippen molar-refractivity contribution in [2.75, 3.05) is 20.3 Å². The SMILES string of the molecule is CCn1cc(CNCCOC)cn1. The first-order valence-corrected chi connectivity index (χ1v) is 4.57. The van der Waals surface area contributed by atoms with E-state index in [0.29, 0.717) is 0 Å². The Kier molecular flexibility index (Phi) is 4.49. The minimum atomic E-state index is 0.752. The fourth-order valence-electron chi connectivity index (χ4n) is 1.08. The van der Waals surface area contributed by atoms with Crippen LogP contribution in [0.5, 0.6) is 0 Å². The second-order valence-electron chi connectivity index (χ2n) is 2.87. The molecule has 0 spiro atoms. The maximum Gasteiger partial charge on any atom is 0.0587 e. The van der Waals surface area contributed by atoms with Crippen molar-refractivity contribution in [1.82, 2.24) is 15.1 Å². The van der Waals surface area contributed by atoms with E-state index >= 15 is 0 Å². The van der Waals surface area contributed by atoms with Crippen LogP contribution in [0.25, 0.3) is 0 Å². The Morgan fingerprint density at radius 1 is 1.62 bits per heavy atom. The zero-order valence-corrected chi connectivity index (χ0v) is 8.29. The van der Waals surface area contributed by atoms with Gasteiger partial charge in [0.25, 0.3) is 0 Å². The fourth-order valence-corrected chi connectivity index (χ4v) is 1.08. The van der Waals surface area contributed by atoms with Crippen LogP contribution in [0.15, 0.2) is 12.4 Å². The molecule has 0 fully saturated rings. The highest BCUT2D eigenvalue weighted by molar-refractivity contribution is 5.02. The van der Waals surface area contributed by atoms with Gasteiger partial charge in [0.1, 0.15) is 0 Å². The van der Waals surface area contributed by atoms with Crippen molar-refractivity contribution in [1.29, 1.82) is 0 Å². The molecule has 4 heteroatoms. The Morgan fingerprint density at radius 2 is 2.46 bits per heavy atom. The van der Waals surface area contributed by atoms with Crippen molar-refractivity contribution in [2.24, 2.45) is 0 Å². The zero-order valence-electron chi connectivity index (χ0n) is 8.29. The third kappa shape index (κ3) is 3.57. The molecule has 1 N–H and O–H groups in total. The van der Waals surface area contributed by atoms with Crippen LogP contribution < -0.4 is 5.32 Å². The number of aromatic nitrogens is 2. The number of nitrogens with zero attached hydrogens (tertiary/aromatic N) is 2. The molecule has 0 saturated heterocycles. The Hall–Kier alpha value is -0.870. The first-order chi connectivity index (χ1) is 6.36. The number of methoxy groups -OCH3 is 1. The molecule has 0 radical (unpaired) electrons. The van der Waals surface area contributed by atoms with E-state index in [0.717, 1.165) is 26.2 Å². The Labute approximate surface area is 78.9 Å². The Morgan fingerprint density at radius 3 is 3.08 bits per heavy atom. The van der Waals surface area contributed by atoms with Crippen LogP contribution in [0, 0.1) is 0 Å². The smallest absolute Gasteiger partial charge is 0.0587 e.